The molecule has 14 heavy (non-hydrogen) atoms. The zero-order valence-corrected chi connectivity index (χ0v) is 9.36. The van der Waals surface area contributed by atoms with Gasteiger partial charge in [0.2, 0.25) is 5.91 Å². The molecule has 1 saturated carbocycles. The maximum absolute atomic E-state index is 11.5. The van der Waals surface area contributed by atoms with Gasteiger partial charge in [-0.15, -0.1) is 11.3 Å². The van der Waals surface area contributed by atoms with Crippen molar-refractivity contribution in [1.29, 1.82) is 0 Å². The minimum Gasteiger partial charge on any atom is -0.351 e. The number of nitrogens with one attached hydrogen (secondary N) is 1. The number of hydrogen-bond donors (Lipinski definition) is 1. The zero-order valence-electron chi connectivity index (χ0n) is 8.54. The normalized spacial score (nSPS) is 24.7. The van der Waals surface area contributed by atoms with Crippen LogP contribution in [-0.4, -0.2) is 5.91 Å². The molecular formula is C11H15NOS. The summed E-state index contributed by atoms with van der Waals surface area (Å²) in [6.45, 7) is 4.91. The van der Waals surface area contributed by atoms with Crippen LogP contribution in [0.2, 0.25) is 0 Å². The Hall–Kier alpha value is -0.830. The second-order valence-corrected chi connectivity index (χ2v) is 5.06. The molecule has 2 atom stereocenters. The molecule has 0 aromatic carbocycles. The van der Waals surface area contributed by atoms with Gasteiger partial charge in [0.05, 0.1) is 6.54 Å². The van der Waals surface area contributed by atoms with E-state index in [1.807, 2.05) is 0 Å². The summed E-state index contributed by atoms with van der Waals surface area (Å²) in [4.78, 5) is 12.8. The molecule has 1 aliphatic carbocycles. The first-order valence-corrected chi connectivity index (χ1v) is 5.87. The quantitative estimate of drug-likeness (QED) is 0.813. The molecule has 2 unspecified atom stereocenters. The summed E-state index contributed by atoms with van der Waals surface area (Å²) >= 11 is 1.71. The lowest BCUT2D eigenvalue weighted by atomic mass is 10.3. The molecule has 0 aliphatic heterocycles. The van der Waals surface area contributed by atoms with Crippen molar-refractivity contribution in [3.05, 3.63) is 21.9 Å². The third-order valence-corrected chi connectivity index (χ3v) is 3.86. The Labute approximate surface area is 88.3 Å². The van der Waals surface area contributed by atoms with Crippen LogP contribution in [0.5, 0.6) is 0 Å². The van der Waals surface area contributed by atoms with Gasteiger partial charge in [-0.05, 0) is 36.3 Å². The molecule has 3 heteroatoms. The van der Waals surface area contributed by atoms with Crippen molar-refractivity contribution in [3.63, 3.8) is 0 Å². The van der Waals surface area contributed by atoms with Crippen molar-refractivity contribution in [2.75, 3.05) is 0 Å². The average molecular weight is 209 g/mol. The molecule has 2 rings (SSSR count). The van der Waals surface area contributed by atoms with E-state index >= 15 is 0 Å². The lowest BCUT2D eigenvalue weighted by Crippen LogP contribution is -2.24. The first kappa shape index (κ1) is 9.71. The van der Waals surface area contributed by atoms with Crippen LogP contribution < -0.4 is 5.32 Å². The zero-order chi connectivity index (χ0) is 10.1. The van der Waals surface area contributed by atoms with Crippen LogP contribution in [0.15, 0.2) is 11.4 Å². The third-order valence-electron chi connectivity index (χ3n) is 2.84. The number of thiophene rings is 1. The van der Waals surface area contributed by atoms with Crippen LogP contribution in [0.1, 0.15) is 23.8 Å². The van der Waals surface area contributed by atoms with Gasteiger partial charge in [-0.2, -0.15) is 0 Å². The van der Waals surface area contributed by atoms with E-state index in [0.717, 1.165) is 6.42 Å². The predicted octanol–water partition coefficient (Wildman–Crippen LogP) is 2.33. The summed E-state index contributed by atoms with van der Waals surface area (Å²) in [7, 11) is 0. The van der Waals surface area contributed by atoms with Gasteiger partial charge < -0.3 is 5.32 Å². The first-order valence-electron chi connectivity index (χ1n) is 4.99. The van der Waals surface area contributed by atoms with E-state index in [4.69, 9.17) is 0 Å². The highest BCUT2D eigenvalue weighted by Gasteiger charge is 2.38. The Kier molecular flexibility index (Phi) is 2.59. The van der Waals surface area contributed by atoms with Crippen molar-refractivity contribution in [2.45, 2.75) is 26.8 Å². The van der Waals surface area contributed by atoms with Gasteiger partial charge in [-0.1, -0.05) is 6.92 Å². The second-order valence-electron chi connectivity index (χ2n) is 4.06. The number of carbonyl (C=O) groups excluding carboxylic acids is 1. The Balaban J connectivity index is 1.83. The molecule has 0 radical (unpaired) electrons. The molecule has 1 aromatic heterocycles. The van der Waals surface area contributed by atoms with Crippen molar-refractivity contribution in [2.24, 2.45) is 11.8 Å². The van der Waals surface area contributed by atoms with Gasteiger partial charge in [0.15, 0.2) is 0 Å². The molecule has 2 nitrogen and oxygen atoms in total. The van der Waals surface area contributed by atoms with Crippen molar-refractivity contribution in [1.82, 2.24) is 5.32 Å². The lowest BCUT2D eigenvalue weighted by molar-refractivity contribution is -0.122. The Morgan fingerprint density at radius 3 is 2.93 bits per heavy atom. The van der Waals surface area contributed by atoms with E-state index in [1.165, 1.54) is 10.4 Å². The van der Waals surface area contributed by atoms with E-state index < -0.39 is 0 Å². The van der Waals surface area contributed by atoms with Crippen molar-refractivity contribution >= 4 is 17.2 Å². The largest absolute Gasteiger partial charge is 0.351 e. The van der Waals surface area contributed by atoms with E-state index in [9.17, 15) is 4.79 Å². The summed E-state index contributed by atoms with van der Waals surface area (Å²) in [5, 5.41) is 5.06. The molecule has 1 heterocycles. The van der Waals surface area contributed by atoms with Gasteiger partial charge >= 0.3 is 0 Å². The molecular weight excluding hydrogens is 194 g/mol. The monoisotopic (exact) mass is 209 g/mol. The second kappa shape index (κ2) is 3.73. The summed E-state index contributed by atoms with van der Waals surface area (Å²) in [6, 6.07) is 2.09. The van der Waals surface area contributed by atoms with Gasteiger partial charge in [0, 0.05) is 10.8 Å². The van der Waals surface area contributed by atoms with Crippen LogP contribution in [0.3, 0.4) is 0 Å². The maximum Gasteiger partial charge on any atom is 0.223 e. The van der Waals surface area contributed by atoms with Crippen LogP contribution >= 0.6 is 11.3 Å². The van der Waals surface area contributed by atoms with Crippen LogP contribution in [0, 0.1) is 18.8 Å². The Bertz CT molecular complexity index is 345. The number of rotatable bonds is 3. The Morgan fingerprint density at radius 2 is 2.43 bits per heavy atom. The highest BCUT2D eigenvalue weighted by atomic mass is 32.1. The molecule has 1 aromatic rings. The molecule has 1 N–H and O–H groups in total. The van der Waals surface area contributed by atoms with Gasteiger partial charge in [-0.25, -0.2) is 0 Å². The number of hydrogen-bond acceptors (Lipinski definition) is 2. The average Bonchev–Trinajstić information content (AvgIpc) is 2.74. The molecule has 0 bridgehead atoms. The SMILES string of the molecule is Cc1ccsc1CNC(=O)C1CC1C. The van der Waals surface area contributed by atoms with Crippen LogP contribution in [0.4, 0.5) is 0 Å². The molecule has 1 fully saturated rings. The van der Waals surface area contributed by atoms with E-state index in [0.29, 0.717) is 12.5 Å². The molecule has 1 amide bonds. The summed E-state index contributed by atoms with van der Waals surface area (Å²) in [6.07, 6.45) is 1.06. The van der Waals surface area contributed by atoms with E-state index in [1.54, 1.807) is 11.3 Å². The molecule has 76 valence electrons. The van der Waals surface area contributed by atoms with E-state index in [2.05, 4.69) is 30.6 Å². The number of aryl methyl sites for hydroxylation is 1. The summed E-state index contributed by atoms with van der Waals surface area (Å²) in [5.41, 5.74) is 1.28. The van der Waals surface area contributed by atoms with Gasteiger partial charge in [0.1, 0.15) is 0 Å². The third kappa shape index (κ3) is 1.98. The fourth-order valence-electron chi connectivity index (χ4n) is 1.57. The molecule has 0 spiro atoms. The predicted molar refractivity (Wildman–Crippen MR) is 58.2 cm³/mol. The van der Waals surface area contributed by atoms with Crippen molar-refractivity contribution in [3.8, 4) is 0 Å². The fourth-order valence-corrected chi connectivity index (χ4v) is 2.42. The maximum atomic E-state index is 11.5. The number of amides is 1. The minimum atomic E-state index is 0.227. The number of carbonyl (C=O) groups is 1. The fraction of sp³-hybridized carbons (Fsp3) is 0.545. The first-order chi connectivity index (χ1) is 6.68. The minimum absolute atomic E-state index is 0.227. The lowest BCUT2D eigenvalue weighted by Gasteiger charge is -2.03. The highest BCUT2D eigenvalue weighted by Crippen LogP contribution is 2.37. The van der Waals surface area contributed by atoms with Crippen molar-refractivity contribution < 1.29 is 4.79 Å². The standard InChI is InChI=1S/C11H15NOS/c1-7-3-4-14-10(7)6-12-11(13)9-5-8(9)2/h3-4,8-9H,5-6H2,1-2H3,(H,12,13). The smallest absolute Gasteiger partial charge is 0.223 e. The topological polar surface area (TPSA) is 29.1 Å². The Morgan fingerprint density at radius 1 is 1.71 bits per heavy atom. The molecule has 0 saturated heterocycles. The van der Waals surface area contributed by atoms with Gasteiger partial charge in [-0.3, -0.25) is 4.79 Å². The summed E-state index contributed by atoms with van der Waals surface area (Å²) in [5.74, 6) is 1.11. The van der Waals surface area contributed by atoms with Crippen LogP contribution in [-0.2, 0) is 11.3 Å². The van der Waals surface area contributed by atoms with Crippen LogP contribution in [0.25, 0.3) is 0 Å². The summed E-state index contributed by atoms with van der Waals surface area (Å²) < 4.78 is 0. The molecule has 1 aliphatic rings. The van der Waals surface area contributed by atoms with Gasteiger partial charge in [0.25, 0.3) is 0 Å². The van der Waals surface area contributed by atoms with E-state index in [-0.39, 0.29) is 11.8 Å². The highest BCUT2D eigenvalue weighted by molar-refractivity contribution is 7.10.